The Kier molecular flexibility index (Phi) is 2.49. The van der Waals surface area contributed by atoms with Crippen molar-refractivity contribution < 1.29 is 8.42 Å². The molecule has 0 radical (unpaired) electrons. The van der Waals surface area contributed by atoms with E-state index >= 15 is 0 Å². The standard InChI is InChI=1S/C15H16O2S/c1-18(16,17)14-5-2-4-12(10-14)13-6-9-15(11-13)7-3-8-15/h2,4-6,9-11H,3,7-8H2,1H3. The highest BCUT2D eigenvalue weighted by molar-refractivity contribution is 7.90. The first-order valence-corrected chi connectivity index (χ1v) is 8.10. The normalized spacial score (nSPS) is 20.8. The number of sulfone groups is 1. The van der Waals surface area contributed by atoms with Gasteiger partial charge in [-0.3, -0.25) is 0 Å². The number of hydrogen-bond donors (Lipinski definition) is 0. The van der Waals surface area contributed by atoms with Crippen LogP contribution in [0.5, 0.6) is 0 Å². The van der Waals surface area contributed by atoms with Crippen molar-refractivity contribution in [3.05, 3.63) is 48.1 Å². The number of benzene rings is 1. The van der Waals surface area contributed by atoms with Gasteiger partial charge in [-0.1, -0.05) is 36.8 Å². The van der Waals surface area contributed by atoms with Gasteiger partial charge in [0.25, 0.3) is 0 Å². The molecule has 1 spiro atoms. The van der Waals surface area contributed by atoms with Gasteiger partial charge in [-0.15, -0.1) is 0 Å². The van der Waals surface area contributed by atoms with Gasteiger partial charge in [-0.05, 0) is 36.1 Å². The van der Waals surface area contributed by atoms with Gasteiger partial charge in [-0.2, -0.15) is 0 Å². The van der Waals surface area contributed by atoms with Gasteiger partial charge in [0.2, 0.25) is 0 Å². The molecule has 3 heteroatoms. The third-order valence-electron chi connectivity index (χ3n) is 3.92. The van der Waals surface area contributed by atoms with E-state index < -0.39 is 9.84 Å². The summed E-state index contributed by atoms with van der Waals surface area (Å²) in [6, 6.07) is 7.20. The fourth-order valence-corrected chi connectivity index (χ4v) is 3.31. The highest BCUT2D eigenvalue weighted by atomic mass is 32.2. The second-order valence-corrected chi connectivity index (χ2v) is 7.34. The summed E-state index contributed by atoms with van der Waals surface area (Å²) in [6.45, 7) is 0. The summed E-state index contributed by atoms with van der Waals surface area (Å²) in [6.07, 6.45) is 11.7. The van der Waals surface area contributed by atoms with Gasteiger partial charge in [-0.25, -0.2) is 8.42 Å². The average molecular weight is 260 g/mol. The van der Waals surface area contributed by atoms with E-state index in [0.29, 0.717) is 4.90 Å². The van der Waals surface area contributed by atoms with E-state index in [0.717, 1.165) is 11.1 Å². The molecule has 2 aliphatic carbocycles. The molecule has 2 nitrogen and oxygen atoms in total. The van der Waals surface area contributed by atoms with Crippen LogP contribution in [0.3, 0.4) is 0 Å². The maximum Gasteiger partial charge on any atom is 0.175 e. The van der Waals surface area contributed by atoms with Gasteiger partial charge in [0.05, 0.1) is 4.90 Å². The van der Waals surface area contributed by atoms with Crippen molar-refractivity contribution in [1.29, 1.82) is 0 Å². The third kappa shape index (κ3) is 1.93. The molecule has 0 heterocycles. The molecule has 0 bridgehead atoms. The summed E-state index contributed by atoms with van der Waals surface area (Å²) in [5.74, 6) is 0. The Labute approximate surface area is 108 Å². The second kappa shape index (κ2) is 3.82. The Morgan fingerprint density at radius 1 is 1.22 bits per heavy atom. The van der Waals surface area contributed by atoms with E-state index in [1.165, 1.54) is 25.5 Å². The number of hydrogen-bond acceptors (Lipinski definition) is 2. The van der Waals surface area contributed by atoms with E-state index in [2.05, 4.69) is 18.2 Å². The second-order valence-electron chi connectivity index (χ2n) is 5.32. The molecule has 94 valence electrons. The molecule has 2 aliphatic rings. The lowest BCUT2D eigenvalue weighted by atomic mass is 9.70. The zero-order valence-corrected chi connectivity index (χ0v) is 11.2. The fourth-order valence-electron chi connectivity index (χ4n) is 2.64. The average Bonchev–Trinajstić information content (AvgIpc) is 2.73. The van der Waals surface area contributed by atoms with Crippen molar-refractivity contribution in [2.24, 2.45) is 5.41 Å². The molecule has 0 unspecified atom stereocenters. The van der Waals surface area contributed by atoms with Gasteiger partial charge in [0.1, 0.15) is 0 Å². The van der Waals surface area contributed by atoms with Crippen molar-refractivity contribution in [2.75, 3.05) is 6.26 Å². The molecule has 18 heavy (non-hydrogen) atoms. The van der Waals surface area contributed by atoms with E-state index in [9.17, 15) is 8.42 Å². The summed E-state index contributed by atoms with van der Waals surface area (Å²) >= 11 is 0. The Morgan fingerprint density at radius 3 is 2.56 bits per heavy atom. The Balaban J connectivity index is 1.99. The van der Waals surface area contributed by atoms with Gasteiger partial charge in [0.15, 0.2) is 9.84 Å². The summed E-state index contributed by atoms with van der Waals surface area (Å²) in [4.78, 5) is 0.392. The first-order valence-electron chi connectivity index (χ1n) is 6.21. The predicted molar refractivity (Wildman–Crippen MR) is 73.0 cm³/mol. The van der Waals surface area contributed by atoms with Crippen molar-refractivity contribution in [3.63, 3.8) is 0 Å². The van der Waals surface area contributed by atoms with Crippen molar-refractivity contribution in [1.82, 2.24) is 0 Å². The Hall–Kier alpha value is -1.35. The molecular formula is C15H16O2S. The van der Waals surface area contributed by atoms with Crippen LogP contribution < -0.4 is 0 Å². The molecule has 1 aromatic rings. The third-order valence-corrected chi connectivity index (χ3v) is 5.03. The molecule has 0 aromatic heterocycles. The lowest BCUT2D eigenvalue weighted by Crippen LogP contribution is -2.22. The molecule has 1 saturated carbocycles. The summed E-state index contributed by atoms with van der Waals surface area (Å²) in [7, 11) is -3.13. The number of allylic oxidation sites excluding steroid dienone is 4. The van der Waals surface area contributed by atoms with Crippen molar-refractivity contribution in [3.8, 4) is 0 Å². The lowest BCUT2D eigenvalue weighted by molar-refractivity contribution is 0.282. The van der Waals surface area contributed by atoms with Crippen molar-refractivity contribution in [2.45, 2.75) is 24.2 Å². The highest BCUT2D eigenvalue weighted by Gasteiger charge is 2.35. The maximum absolute atomic E-state index is 11.6. The smallest absolute Gasteiger partial charge is 0.175 e. The molecular weight excluding hydrogens is 244 g/mol. The van der Waals surface area contributed by atoms with Crippen LogP contribution in [0.2, 0.25) is 0 Å². The lowest BCUT2D eigenvalue weighted by Gasteiger charge is -2.34. The molecule has 0 aliphatic heterocycles. The summed E-state index contributed by atoms with van der Waals surface area (Å²) < 4.78 is 23.1. The van der Waals surface area contributed by atoms with Gasteiger partial charge in [0, 0.05) is 11.7 Å². The SMILES string of the molecule is CS(=O)(=O)c1cccc(C2=CC3(C=C2)CCC3)c1. The zero-order valence-electron chi connectivity index (χ0n) is 10.4. The van der Waals surface area contributed by atoms with Crippen LogP contribution in [0.25, 0.3) is 5.57 Å². The minimum atomic E-state index is -3.13. The number of rotatable bonds is 2. The first kappa shape index (κ1) is 11.7. The van der Waals surface area contributed by atoms with E-state index in [1.54, 1.807) is 12.1 Å². The van der Waals surface area contributed by atoms with E-state index in [-0.39, 0.29) is 5.41 Å². The van der Waals surface area contributed by atoms with Crippen LogP contribution in [0, 0.1) is 5.41 Å². The van der Waals surface area contributed by atoms with Crippen LogP contribution in [0.1, 0.15) is 24.8 Å². The predicted octanol–water partition coefficient (Wildman–Crippen LogP) is 3.21. The molecule has 0 atom stereocenters. The molecule has 0 saturated heterocycles. The highest BCUT2D eigenvalue weighted by Crippen LogP contribution is 2.49. The summed E-state index contributed by atoms with van der Waals surface area (Å²) in [5.41, 5.74) is 2.43. The van der Waals surface area contributed by atoms with Crippen LogP contribution >= 0.6 is 0 Å². The topological polar surface area (TPSA) is 34.1 Å². The minimum absolute atomic E-state index is 0.274. The van der Waals surface area contributed by atoms with Gasteiger partial charge >= 0.3 is 0 Å². The molecule has 1 fully saturated rings. The quantitative estimate of drug-likeness (QED) is 0.818. The van der Waals surface area contributed by atoms with Crippen LogP contribution in [0.4, 0.5) is 0 Å². The zero-order chi connectivity index (χ0) is 12.8. The first-order chi connectivity index (χ1) is 8.49. The van der Waals surface area contributed by atoms with Crippen LogP contribution in [-0.2, 0) is 9.84 Å². The summed E-state index contributed by atoms with van der Waals surface area (Å²) in [5, 5.41) is 0. The Morgan fingerprint density at radius 2 is 2.00 bits per heavy atom. The van der Waals surface area contributed by atoms with Crippen LogP contribution in [0.15, 0.2) is 47.4 Å². The van der Waals surface area contributed by atoms with Crippen molar-refractivity contribution >= 4 is 15.4 Å². The van der Waals surface area contributed by atoms with Crippen LogP contribution in [-0.4, -0.2) is 14.7 Å². The van der Waals surface area contributed by atoms with E-state index in [4.69, 9.17) is 0 Å². The monoisotopic (exact) mass is 260 g/mol. The molecule has 0 N–H and O–H groups in total. The molecule has 3 rings (SSSR count). The molecule has 1 aromatic carbocycles. The van der Waals surface area contributed by atoms with Gasteiger partial charge < -0.3 is 0 Å². The molecule has 0 amide bonds. The van der Waals surface area contributed by atoms with E-state index in [1.807, 2.05) is 12.1 Å². The fraction of sp³-hybridized carbons (Fsp3) is 0.333. The maximum atomic E-state index is 11.6. The Bertz CT molecular complexity index is 647. The minimum Gasteiger partial charge on any atom is -0.224 e. The largest absolute Gasteiger partial charge is 0.224 e.